The molecule has 0 saturated carbocycles. The fraction of sp³-hybridized carbons (Fsp3) is 0.429. The molecule has 0 spiro atoms. The summed E-state index contributed by atoms with van der Waals surface area (Å²) in [6, 6.07) is 5.71. The van der Waals surface area contributed by atoms with Crippen LogP contribution in [0.3, 0.4) is 0 Å². The van der Waals surface area contributed by atoms with Gasteiger partial charge in [-0.15, -0.1) is 0 Å². The van der Waals surface area contributed by atoms with Crippen LogP contribution in [-0.2, 0) is 6.54 Å². The number of aromatic amines is 1. The lowest BCUT2D eigenvalue weighted by Gasteiger charge is -2.28. The molecular formula is C14H17N3O2. The Labute approximate surface area is 110 Å². The maximum absolute atomic E-state index is 11.9. The van der Waals surface area contributed by atoms with Crippen LogP contribution in [0.1, 0.15) is 17.9 Å². The Kier molecular flexibility index (Phi) is 2.78. The summed E-state index contributed by atoms with van der Waals surface area (Å²) >= 11 is 0. The Hall–Kier alpha value is -1.88. The predicted octanol–water partition coefficient (Wildman–Crippen LogP) is 0.739. The van der Waals surface area contributed by atoms with E-state index in [1.54, 1.807) is 10.6 Å². The third-order valence-corrected chi connectivity index (χ3v) is 3.77. The second-order valence-corrected chi connectivity index (χ2v) is 5.40. The number of para-hydroxylation sites is 1. The van der Waals surface area contributed by atoms with E-state index in [4.69, 9.17) is 0 Å². The van der Waals surface area contributed by atoms with Gasteiger partial charge in [-0.1, -0.05) is 12.1 Å². The maximum atomic E-state index is 11.9. The minimum absolute atomic E-state index is 0.288. The zero-order valence-electron chi connectivity index (χ0n) is 11.1. The number of aryl methyl sites for hydroxylation is 1. The monoisotopic (exact) mass is 259 g/mol. The molecule has 5 heteroatoms. The lowest BCUT2D eigenvalue weighted by molar-refractivity contribution is 0.349. The predicted molar refractivity (Wildman–Crippen MR) is 74.7 cm³/mol. The van der Waals surface area contributed by atoms with Gasteiger partial charge in [0.1, 0.15) is 0 Å². The van der Waals surface area contributed by atoms with Crippen molar-refractivity contribution in [3.8, 4) is 0 Å². The first kappa shape index (κ1) is 12.2. The largest absolute Gasteiger partial charge is 0.328 e. The quantitative estimate of drug-likeness (QED) is 0.865. The Balaban J connectivity index is 2.32. The van der Waals surface area contributed by atoms with Crippen LogP contribution in [0.5, 0.6) is 0 Å². The van der Waals surface area contributed by atoms with E-state index in [1.165, 1.54) is 0 Å². The van der Waals surface area contributed by atoms with Crippen molar-refractivity contribution < 1.29 is 0 Å². The zero-order chi connectivity index (χ0) is 13.6. The van der Waals surface area contributed by atoms with Crippen molar-refractivity contribution in [1.82, 2.24) is 14.5 Å². The van der Waals surface area contributed by atoms with Gasteiger partial charge < -0.3 is 4.90 Å². The topological polar surface area (TPSA) is 58.1 Å². The van der Waals surface area contributed by atoms with Gasteiger partial charge in [-0.25, -0.2) is 4.79 Å². The van der Waals surface area contributed by atoms with Gasteiger partial charge in [-0.3, -0.25) is 14.3 Å². The third-order valence-electron chi connectivity index (χ3n) is 3.77. The van der Waals surface area contributed by atoms with Crippen LogP contribution in [0.15, 0.2) is 27.8 Å². The first-order valence-corrected chi connectivity index (χ1v) is 6.48. The number of rotatable bonds is 2. The molecule has 0 saturated heterocycles. The Morgan fingerprint density at radius 1 is 1.37 bits per heavy atom. The van der Waals surface area contributed by atoms with Crippen LogP contribution in [0.2, 0.25) is 0 Å². The van der Waals surface area contributed by atoms with Crippen molar-refractivity contribution in [2.24, 2.45) is 0 Å². The van der Waals surface area contributed by atoms with Gasteiger partial charge in [0.05, 0.1) is 10.9 Å². The molecule has 0 fully saturated rings. The lowest BCUT2D eigenvalue weighted by Crippen LogP contribution is -2.35. The summed E-state index contributed by atoms with van der Waals surface area (Å²) in [5, 5.41) is 0.612. The summed E-state index contributed by atoms with van der Waals surface area (Å²) in [6.45, 7) is 1.60. The standard InChI is InChI=1S/C14H17N3O2/c1-16(2)8-9-6-7-17-12-10(9)4-3-5-11(12)13(18)15-14(17)19/h3-5,9H,6-8H2,1-2H3,(H,15,18,19). The summed E-state index contributed by atoms with van der Waals surface area (Å²) in [4.78, 5) is 28.3. The van der Waals surface area contributed by atoms with E-state index in [9.17, 15) is 9.59 Å². The normalized spacial score (nSPS) is 18.2. The van der Waals surface area contributed by atoms with Crippen LogP contribution in [0.4, 0.5) is 0 Å². The summed E-state index contributed by atoms with van der Waals surface area (Å²) in [5.41, 5.74) is 1.34. The van der Waals surface area contributed by atoms with E-state index in [2.05, 4.69) is 9.88 Å². The van der Waals surface area contributed by atoms with Gasteiger partial charge in [0, 0.05) is 19.0 Å². The summed E-state index contributed by atoms with van der Waals surface area (Å²) in [7, 11) is 4.08. The molecule has 1 N–H and O–H groups in total. The molecule has 0 bridgehead atoms. The zero-order valence-corrected chi connectivity index (χ0v) is 11.1. The molecule has 2 aromatic rings. The fourth-order valence-electron chi connectivity index (χ4n) is 2.99. The molecule has 1 atom stereocenters. The van der Waals surface area contributed by atoms with E-state index in [1.807, 2.05) is 26.2 Å². The number of hydrogen-bond donors (Lipinski definition) is 1. The Morgan fingerprint density at radius 2 is 2.16 bits per heavy atom. The molecule has 5 nitrogen and oxygen atoms in total. The summed E-state index contributed by atoms with van der Waals surface area (Å²) in [5.74, 6) is 0.375. The highest BCUT2D eigenvalue weighted by Crippen LogP contribution is 2.30. The van der Waals surface area contributed by atoms with E-state index in [0.29, 0.717) is 17.8 Å². The smallest absolute Gasteiger partial charge is 0.309 e. The molecule has 19 heavy (non-hydrogen) atoms. The maximum Gasteiger partial charge on any atom is 0.328 e. The molecule has 0 radical (unpaired) electrons. The minimum Gasteiger partial charge on any atom is -0.309 e. The molecule has 1 aromatic heterocycles. The van der Waals surface area contributed by atoms with Crippen LogP contribution in [0, 0.1) is 0 Å². The van der Waals surface area contributed by atoms with Gasteiger partial charge in [0.15, 0.2) is 0 Å². The molecule has 1 aliphatic rings. The molecule has 100 valence electrons. The molecule has 3 rings (SSSR count). The van der Waals surface area contributed by atoms with Gasteiger partial charge in [0.25, 0.3) is 5.56 Å². The molecule has 2 heterocycles. The molecule has 0 amide bonds. The van der Waals surface area contributed by atoms with Crippen LogP contribution in [0.25, 0.3) is 10.9 Å². The number of hydrogen-bond acceptors (Lipinski definition) is 3. The highest BCUT2D eigenvalue weighted by atomic mass is 16.2. The van der Waals surface area contributed by atoms with Crippen LogP contribution in [-0.4, -0.2) is 35.1 Å². The molecule has 1 unspecified atom stereocenters. The lowest BCUT2D eigenvalue weighted by atomic mass is 9.90. The summed E-state index contributed by atoms with van der Waals surface area (Å²) < 4.78 is 1.69. The van der Waals surface area contributed by atoms with E-state index in [-0.39, 0.29) is 11.2 Å². The SMILES string of the molecule is CN(C)CC1CCn2c(=O)[nH]c(=O)c3cccc1c32. The van der Waals surface area contributed by atoms with Crippen molar-refractivity contribution >= 4 is 10.9 Å². The molecular weight excluding hydrogens is 242 g/mol. The summed E-state index contributed by atoms with van der Waals surface area (Å²) in [6.07, 6.45) is 0.927. The number of aromatic nitrogens is 2. The van der Waals surface area contributed by atoms with Gasteiger partial charge in [0.2, 0.25) is 0 Å². The Bertz CT molecular complexity index is 742. The average Bonchev–Trinajstić information content (AvgIpc) is 2.36. The van der Waals surface area contributed by atoms with Crippen molar-refractivity contribution in [3.63, 3.8) is 0 Å². The van der Waals surface area contributed by atoms with E-state index < -0.39 is 0 Å². The first-order chi connectivity index (χ1) is 9.08. The molecule has 1 aliphatic heterocycles. The minimum atomic E-state index is -0.298. The highest BCUT2D eigenvalue weighted by molar-refractivity contribution is 5.82. The number of nitrogens with one attached hydrogen (secondary N) is 1. The second-order valence-electron chi connectivity index (χ2n) is 5.40. The molecule has 0 aliphatic carbocycles. The first-order valence-electron chi connectivity index (χ1n) is 6.48. The highest BCUT2D eigenvalue weighted by Gasteiger charge is 2.23. The van der Waals surface area contributed by atoms with E-state index >= 15 is 0 Å². The van der Waals surface area contributed by atoms with E-state index in [0.717, 1.165) is 24.0 Å². The van der Waals surface area contributed by atoms with Crippen LogP contribution < -0.4 is 11.2 Å². The average molecular weight is 259 g/mol. The van der Waals surface area contributed by atoms with Gasteiger partial charge in [-0.2, -0.15) is 0 Å². The van der Waals surface area contributed by atoms with Crippen molar-refractivity contribution in [2.75, 3.05) is 20.6 Å². The Morgan fingerprint density at radius 3 is 2.89 bits per heavy atom. The number of nitrogens with zero attached hydrogens (tertiary/aromatic N) is 2. The number of likely N-dealkylation sites (N-methyl/N-ethyl adjacent to an activating group) is 1. The van der Waals surface area contributed by atoms with Crippen molar-refractivity contribution in [2.45, 2.75) is 18.9 Å². The third kappa shape index (κ3) is 1.90. The van der Waals surface area contributed by atoms with Crippen LogP contribution >= 0.6 is 0 Å². The van der Waals surface area contributed by atoms with Gasteiger partial charge in [-0.05, 0) is 32.1 Å². The molecule has 1 aromatic carbocycles. The number of benzene rings is 1. The van der Waals surface area contributed by atoms with Crippen molar-refractivity contribution in [1.29, 1.82) is 0 Å². The van der Waals surface area contributed by atoms with Crippen molar-refractivity contribution in [3.05, 3.63) is 44.6 Å². The number of H-pyrrole nitrogens is 1. The fourth-order valence-corrected chi connectivity index (χ4v) is 2.99. The second kappa shape index (κ2) is 4.35. The van der Waals surface area contributed by atoms with Gasteiger partial charge >= 0.3 is 5.69 Å².